The summed E-state index contributed by atoms with van der Waals surface area (Å²) in [6, 6.07) is 21.1. The number of carbonyl (C=O) groups excluding carboxylic acids is 1. The SMILES string of the molecule is O=C(COc1cc2ccccc2cc1Br)c1ccccc1. The Bertz CT molecular complexity index is 782. The van der Waals surface area contributed by atoms with Gasteiger partial charge in [0.25, 0.3) is 0 Å². The van der Waals surface area contributed by atoms with Gasteiger partial charge in [-0.3, -0.25) is 4.79 Å². The zero-order valence-electron chi connectivity index (χ0n) is 11.3. The second-order valence-electron chi connectivity index (χ2n) is 4.71. The Kier molecular flexibility index (Phi) is 4.02. The number of hydrogen-bond acceptors (Lipinski definition) is 2. The predicted octanol–water partition coefficient (Wildman–Crippen LogP) is 4.86. The molecule has 0 saturated heterocycles. The molecule has 21 heavy (non-hydrogen) atoms. The van der Waals surface area contributed by atoms with Crippen LogP contribution in [0, 0.1) is 0 Å². The maximum atomic E-state index is 12.1. The quantitative estimate of drug-likeness (QED) is 0.633. The highest BCUT2D eigenvalue weighted by Crippen LogP contribution is 2.30. The molecule has 2 nitrogen and oxygen atoms in total. The van der Waals surface area contributed by atoms with Crippen LogP contribution in [0.4, 0.5) is 0 Å². The van der Waals surface area contributed by atoms with Gasteiger partial charge in [-0.1, -0.05) is 54.6 Å². The van der Waals surface area contributed by atoms with Gasteiger partial charge in [0, 0.05) is 5.56 Å². The summed E-state index contributed by atoms with van der Waals surface area (Å²) < 4.78 is 6.51. The minimum Gasteiger partial charge on any atom is -0.484 e. The van der Waals surface area contributed by atoms with Gasteiger partial charge in [-0.25, -0.2) is 0 Å². The summed E-state index contributed by atoms with van der Waals surface area (Å²) in [5, 5.41) is 2.22. The van der Waals surface area contributed by atoms with E-state index in [0.717, 1.165) is 15.2 Å². The van der Waals surface area contributed by atoms with E-state index in [4.69, 9.17) is 4.74 Å². The molecule has 0 atom stereocenters. The zero-order valence-corrected chi connectivity index (χ0v) is 12.8. The van der Waals surface area contributed by atoms with Gasteiger partial charge in [-0.15, -0.1) is 0 Å². The van der Waals surface area contributed by atoms with Gasteiger partial charge in [0.2, 0.25) is 0 Å². The normalized spacial score (nSPS) is 10.5. The summed E-state index contributed by atoms with van der Waals surface area (Å²) >= 11 is 3.49. The Morgan fingerprint density at radius 2 is 1.52 bits per heavy atom. The number of benzene rings is 3. The molecule has 0 fully saturated rings. The summed E-state index contributed by atoms with van der Waals surface area (Å²) in [4.78, 5) is 12.1. The van der Waals surface area contributed by atoms with E-state index in [1.165, 1.54) is 0 Å². The number of rotatable bonds is 4. The number of carbonyl (C=O) groups is 1. The van der Waals surface area contributed by atoms with Gasteiger partial charge in [0.15, 0.2) is 12.4 Å². The monoisotopic (exact) mass is 340 g/mol. The van der Waals surface area contributed by atoms with Crippen LogP contribution in [0.2, 0.25) is 0 Å². The van der Waals surface area contributed by atoms with Crippen molar-refractivity contribution in [1.82, 2.24) is 0 Å². The number of Topliss-reactive ketones (excluding diaryl/α,β-unsaturated/α-hetero) is 1. The summed E-state index contributed by atoms with van der Waals surface area (Å²) in [6.45, 7) is 0.0287. The third-order valence-electron chi connectivity index (χ3n) is 3.25. The van der Waals surface area contributed by atoms with E-state index in [-0.39, 0.29) is 12.4 Å². The zero-order chi connectivity index (χ0) is 14.7. The lowest BCUT2D eigenvalue weighted by Gasteiger charge is -2.09. The van der Waals surface area contributed by atoms with Crippen molar-refractivity contribution >= 4 is 32.5 Å². The van der Waals surface area contributed by atoms with Crippen LogP contribution >= 0.6 is 15.9 Å². The van der Waals surface area contributed by atoms with Gasteiger partial charge in [0.05, 0.1) is 4.47 Å². The molecule has 3 aromatic rings. The van der Waals surface area contributed by atoms with Crippen molar-refractivity contribution in [2.24, 2.45) is 0 Å². The van der Waals surface area contributed by atoms with Crippen LogP contribution in [0.15, 0.2) is 71.2 Å². The fraction of sp³-hybridized carbons (Fsp3) is 0.0556. The third-order valence-corrected chi connectivity index (χ3v) is 3.87. The van der Waals surface area contributed by atoms with Crippen LogP contribution in [-0.4, -0.2) is 12.4 Å². The van der Waals surface area contributed by atoms with Crippen molar-refractivity contribution in [2.45, 2.75) is 0 Å². The molecule has 0 spiro atoms. The first kappa shape index (κ1) is 13.8. The minimum absolute atomic E-state index is 0.0287. The molecule has 0 bridgehead atoms. The van der Waals surface area contributed by atoms with Gasteiger partial charge in [-0.05, 0) is 38.8 Å². The van der Waals surface area contributed by atoms with E-state index >= 15 is 0 Å². The van der Waals surface area contributed by atoms with E-state index < -0.39 is 0 Å². The number of ether oxygens (including phenoxy) is 1. The molecule has 0 saturated carbocycles. The molecular formula is C18H13BrO2. The molecule has 0 heterocycles. The van der Waals surface area contributed by atoms with Crippen molar-refractivity contribution in [3.8, 4) is 5.75 Å². The third kappa shape index (κ3) is 3.14. The summed E-state index contributed by atoms with van der Waals surface area (Å²) in [7, 11) is 0. The maximum absolute atomic E-state index is 12.1. The topological polar surface area (TPSA) is 26.3 Å². The van der Waals surface area contributed by atoms with Crippen LogP contribution in [0.3, 0.4) is 0 Å². The Labute approximate surface area is 131 Å². The van der Waals surface area contributed by atoms with Crippen molar-refractivity contribution in [3.05, 3.63) is 76.8 Å². The highest BCUT2D eigenvalue weighted by Gasteiger charge is 2.09. The molecule has 0 unspecified atom stereocenters. The largest absolute Gasteiger partial charge is 0.484 e. The molecule has 3 heteroatoms. The smallest absolute Gasteiger partial charge is 0.200 e. The first-order valence-corrected chi connectivity index (χ1v) is 7.43. The molecule has 3 rings (SSSR count). The maximum Gasteiger partial charge on any atom is 0.200 e. The molecule has 0 radical (unpaired) electrons. The molecular weight excluding hydrogens is 328 g/mol. The Morgan fingerprint density at radius 3 is 2.24 bits per heavy atom. The van der Waals surface area contributed by atoms with Gasteiger partial charge < -0.3 is 4.74 Å². The van der Waals surface area contributed by atoms with E-state index in [1.54, 1.807) is 12.1 Å². The molecule has 3 aromatic carbocycles. The molecule has 0 aliphatic carbocycles. The first-order chi connectivity index (χ1) is 10.2. The Balaban J connectivity index is 1.79. The molecule has 104 valence electrons. The second-order valence-corrected chi connectivity index (χ2v) is 5.56. The summed E-state index contributed by atoms with van der Waals surface area (Å²) in [5.74, 6) is 0.647. The predicted molar refractivity (Wildman–Crippen MR) is 87.9 cm³/mol. The van der Waals surface area contributed by atoms with Crippen LogP contribution in [0.5, 0.6) is 5.75 Å². The lowest BCUT2D eigenvalue weighted by molar-refractivity contribution is 0.0921. The van der Waals surface area contributed by atoms with Crippen molar-refractivity contribution in [2.75, 3.05) is 6.61 Å². The summed E-state index contributed by atoms with van der Waals surface area (Å²) in [6.07, 6.45) is 0. The summed E-state index contributed by atoms with van der Waals surface area (Å²) in [5.41, 5.74) is 0.661. The minimum atomic E-state index is -0.0318. The lowest BCUT2D eigenvalue weighted by atomic mass is 10.1. The van der Waals surface area contributed by atoms with Crippen molar-refractivity contribution in [3.63, 3.8) is 0 Å². The lowest BCUT2D eigenvalue weighted by Crippen LogP contribution is -2.11. The second kappa shape index (κ2) is 6.10. The molecule has 0 aromatic heterocycles. The molecule has 0 N–H and O–H groups in total. The van der Waals surface area contributed by atoms with Crippen molar-refractivity contribution < 1.29 is 9.53 Å². The van der Waals surface area contributed by atoms with E-state index in [9.17, 15) is 4.79 Å². The Morgan fingerprint density at radius 1 is 0.905 bits per heavy atom. The first-order valence-electron chi connectivity index (χ1n) is 6.63. The van der Waals surface area contributed by atoms with Gasteiger partial charge >= 0.3 is 0 Å². The highest BCUT2D eigenvalue weighted by atomic mass is 79.9. The van der Waals surface area contributed by atoms with Gasteiger partial charge in [-0.2, -0.15) is 0 Å². The van der Waals surface area contributed by atoms with E-state index in [0.29, 0.717) is 11.3 Å². The van der Waals surface area contributed by atoms with Crippen LogP contribution in [-0.2, 0) is 0 Å². The standard InChI is InChI=1S/C18H13BrO2/c19-16-10-14-8-4-5-9-15(14)11-18(16)21-12-17(20)13-6-2-1-3-7-13/h1-11H,12H2. The van der Waals surface area contributed by atoms with Crippen LogP contribution < -0.4 is 4.74 Å². The Hall–Kier alpha value is -2.13. The average molecular weight is 341 g/mol. The highest BCUT2D eigenvalue weighted by molar-refractivity contribution is 9.10. The van der Waals surface area contributed by atoms with Gasteiger partial charge in [0.1, 0.15) is 5.75 Å². The van der Waals surface area contributed by atoms with Crippen LogP contribution in [0.25, 0.3) is 10.8 Å². The fourth-order valence-electron chi connectivity index (χ4n) is 2.15. The van der Waals surface area contributed by atoms with E-state index in [2.05, 4.69) is 15.9 Å². The van der Waals surface area contributed by atoms with Crippen molar-refractivity contribution in [1.29, 1.82) is 0 Å². The van der Waals surface area contributed by atoms with Crippen LogP contribution in [0.1, 0.15) is 10.4 Å². The number of halogens is 1. The number of fused-ring (bicyclic) bond motifs is 1. The molecule has 0 amide bonds. The number of hydrogen-bond donors (Lipinski definition) is 0. The fourth-order valence-corrected chi connectivity index (χ4v) is 2.63. The molecule has 0 aliphatic rings. The molecule has 0 aliphatic heterocycles. The van der Waals surface area contributed by atoms with E-state index in [1.807, 2.05) is 54.6 Å². The number of ketones is 1. The average Bonchev–Trinajstić information content (AvgIpc) is 2.53.